The van der Waals surface area contributed by atoms with Crippen LogP contribution in [0, 0.1) is 5.82 Å². The molecule has 2 rings (SSSR count). The molecule has 1 aromatic carbocycles. The van der Waals surface area contributed by atoms with Crippen LogP contribution >= 0.6 is 11.6 Å². The predicted octanol–water partition coefficient (Wildman–Crippen LogP) is 3.72. The Morgan fingerprint density at radius 3 is 2.76 bits per heavy atom. The van der Waals surface area contributed by atoms with Crippen molar-refractivity contribution in [2.45, 2.75) is 32.9 Å². The summed E-state index contributed by atoms with van der Waals surface area (Å²) in [6.07, 6.45) is -0.452. The molecule has 114 valence electrons. The van der Waals surface area contributed by atoms with Gasteiger partial charge in [-0.05, 0) is 26.8 Å². The SMILES string of the molecule is CN(Cc1nc2cc(Cl)c(F)cc2[nH]1)C(=O)OC(C)(C)C. The fourth-order valence-corrected chi connectivity index (χ4v) is 1.92. The fraction of sp³-hybridized carbons (Fsp3) is 0.429. The van der Waals surface area contributed by atoms with E-state index >= 15 is 0 Å². The van der Waals surface area contributed by atoms with Crippen molar-refractivity contribution < 1.29 is 13.9 Å². The van der Waals surface area contributed by atoms with Crippen LogP contribution in [0.15, 0.2) is 12.1 Å². The lowest BCUT2D eigenvalue weighted by Crippen LogP contribution is -2.34. The van der Waals surface area contributed by atoms with Gasteiger partial charge in [0, 0.05) is 13.1 Å². The maximum absolute atomic E-state index is 13.4. The van der Waals surface area contributed by atoms with Gasteiger partial charge in [-0.1, -0.05) is 11.6 Å². The topological polar surface area (TPSA) is 58.2 Å². The van der Waals surface area contributed by atoms with Crippen molar-refractivity contribution in [3.05, 3.63) is 28.8 Å². The molecular weight excluding hydrogens is 297 g/mol. The van der Waals surface area contributed by atoms with Crippen LogP contribution in [0.5, 0.6) is 0 Å². The molecule has 0 saturated heterocycles. The van der Waals surface area contributed by atoms with Crippen LogP contribution in [0.3, 0.4) is 0 Å². The third kappa shape index (κ3) is 3.85. The van der Waals surface area contributed by atoms with Crippen molar-refractivity contribution >= 4 is 28.7 Å². The van der Waals surface area contributed by atoms with E-state index in [1.807, 2.05) is 0 Å². The van der Waals surface area contributed by atoms with E-state index in [4.69, 9.17) is 16.3 Å². The number of amides is 1. The number of aromatic amines is 1. The number of hydrogen-bond acceptors (Lipinski definition) is 3. The Kier molecular flexibility index (Phi) is 4.09. The molecule has 21 heavy (non-hydrogen) atoms. The molecule has 0 aliphatic rings. The highest BCUT2D eigenvalue weighted by atomic mass is 35.5. The Bertz CT molecular complexity index is 640. The average Bonchev–Trinajstić information content (AvgIpc) is 2.68. The standard InChI is InChI=1S/C14H17ClFN3O2/c1-14(2,3)21-13(20)19(4)7-12-17-10-5-8(15)9(16)6-11(10)18-12/h5-6H,7H2,1-4H3,(H,17,18). The molecule has 0 spiro atoms. The summed E-state index contributed by atoms with van der Waals surface area (Å²) >= 11 is 5.71. The van der Waals surface area contributed by atoms with E-state index in [-0.39, 0.29) is 11.6 Å². The number of aromatic nitrogens is 2. The Labute approximate surface area is 127 Å². The maximum atomic E-state index is 13.4. The lowest BCUT2D eigenvalue weighted by Gasteiger charge is -2.24. The molecule has 0 bridgehead atoms. The zero-order valence-corrected chi connectivity index (χ0v) is 13.1. The number of carbonyl (C=O) groups is 1. The fourth-order valence-electron chi connectivity index (χ4n) is 1.76. The number of ether oxygens (including phenoxy) is 1. The molecular formula is C14H17ClFN3O2. The van der Waals surface area contributed by atoms with Crippen molar-refractivity contribution in [3.63, 3.8) is 0 Å². The lowest BCUT2D eigenvalue weighted by molar-refractivity contribution is 0.0281. The van der Waals surface area contributed by atoms with Gasteiger partial charge in [-0.3, -0.25) is 0 Å². The molecule has 2 aromatic rings. The van der Waals surface area contributed by atoms with Crippen molar-refractivity contribution in [1.82, 2.24) is 14.9 Å². The average molecular weight is 314 g/mol. The van der Waals surface area contributed by atoms with E-state index in [1.165, 1.54) is 17.0 Å². The number of hydrogen-bond donors (Lipinski definition) is 1. The summed E-state index contributed by atoms with van der Waals surface area (Å²) in [7, 11) is 1.61. The second-order valence-electron chi connectivity index (χ2n) is 5.80. The number of halogens is 2. The number of carbonyl (C=O) groups excluding carboxylic acids is 1. The normalized spacial score (nSPS) is 11.7. The van der Waals surface area contributed by atoms with Crippen molar-refractivity contribution in [1.29, 1.82) is 0 Å². The predicted molar refractivity (Wildman–Crippen MR) is 78.8 cm³/mol. The molecule has 0 fully saturated rings. The first-order valence-corrected chi connectivity index (χ1v) is 6.81. The first-order chi connectivity index (χ1) is 9.65. The third-order valence-electron chi connectivity index (χ3n) is 2.67. The van der Waals surface area contributed by atoms with Crippen LogP contribution in [0.4, 0.5) is 9.18 Å². The number of nitrogens with one attached hydrogen (secondary N) is 1. The third-order valence-corrected chi connectivity index (χ3v) is 2.95. The monoisotopic (exact) mass is 313 g/mol. The molecule has 1 N–H and O–H groups in total. The number of nitrogens with zero attached hydrogens (tertiary/aromatic N) is 2. The van der Waals surface area contributed by atoms with Crippen LogP contribution in [0.25, 0.3) is 11.0 Å². The van der Waals surface area contributed by atoms with Gasteiger partial charge in [-0.2, -0.15) is 0 Å². The van der Waals surface area contributed by atoms with E-state index in [9.17, 15) is 9.18 Å². The van der Waals surface area contributed by atoms with Gasteiger partial charge >= 0.3 is 6.09 Å². The van der Waals surface area contributed by atoms with Gasteiger partial charge < -0.3 is 14.6 Å². The Balaban J connectivity index is 2.14. The molecule has 1 amide bonds. The molecule has 0 aliphatic carbocycles. The number of rotatable bonds is 2. The van der Waals surface area contributed by atoms with E-state index < -0.39 is 17.5 Å². The molecule has 1 aromatic heterocycles. The summed E-state index contributed by atoms with van der Waals surface area (Å²) in [6, 6.07) is 2.72. The number of benzene rings is 1. The van der Waals surface area contributed by atoms with Gasteiger partial charge in [0.2, 0.25) is 0 Å². The van der Waals surface area contributed by atoms with E-state index in [0.29, 0.717) is 16.9 Å². The number of fused-ring (bicyclic) bond motifs is 1. The zero-order valence-electron chi connectivity index (χ0n) is 12.3. The highest BCUT2D eigenvalue weighted by Gasteiger charge is 2.20. The van der Waals surface area contributed by atoms with Crippen LogP contribution in [-0.2, 0) is 11.3 Å². The van der Waals surface area contributed by atoms with Crippen LogP contribution in [0.1, 0.15) is 26.6 Å². The molecule has 0 radical (unpaired) electrons. The molecule has 5 nitrogen and oxygen atoms in total. The second kappa shape index (κ2) is 5.52. The zero-order chi connectivity index (χ0) is 15.8. The minimum atomic E-state index is -0.560. The Morgan fingerprint density at radius 2 is 2.14 bits per heavy atom. The molecule has 0 saturated carbocycles. The van der Waals surface area contributed by atoms with E-state index in [1.54, 1.807) is 27.8 Å². The first-order valence-electron chi connectivity index (χ1n) is 6.43. The summed E-state index contributed by atoms with van der Waals surface area (Å²) in [5.74, 6) is 0.0138. The van der Waals surface area contributed by atoms with Gasteiger partial charge in [0.25, 0.3) is 0 Å². The Morgan fingerprint density at radius 1 is 1.48 bits per heavy atom. The van der Waals surface area contributed by atoms with Crippen molar-refractivity contribution in [3.8, 4) is 0 Å². The summed E-state index contributed by atoms with van der Waals surface area (Å²) in [5.41, 5.74) is 0.522. The maximum Gasteiger partial charge on any atom is 0.410 e. The van der Waals surface area contributed by atoms with Crippen molar-refractivity contribution in [2.75, 3.05) is 7.05 Å². The Hall–Kier alpha value is -1.82. The molecule has 0 aliphatic heterocycles. The molecule has 7 heteroatoms. The quantitative estimate of drug-likeness (QED) is 0.919. The number of imidazole rings is 1. The second-order valence-corrected chi connectivity index (χ2v) is 6.21. The van der Waals surface area contributed by atoms with Gasteiger partial charge in [0.15, 0.2) is 0 Å². The smallest absolute Gasteiger partial charge is 0.410 e. The summed E-state index contributed by atoms with van der Waals surface area (Å²) in [6.45, 7) is 5.61. The summed E-state index contributed by atoms with van der Waals surface area (Å²) in [5, 5.41) is 0.0149. The summed E-state index contributed by atoms with van der Waals surface area (Å²) in [4.78, 5) is 20.5. The van der Waals surface area contributed by atoms with Gasteiger partial charge in [-0.25, -0.2) is 14.2 Å². The van der Waals surface area contributed by atoms with Crippen LogP contribution in [0.2, 0.25) is 5.02 Å². The van der Waals surface area contributed by atoms with Crippen LogP contribution < -0.4 is 0 Å². The first kappa shape index (κ1) is 15.6. The van der Waals surface area contributed by atoms with Crippen LogP contribution in [-0.4, -0.2) is 33.6 Å². The molecule has 0 atom stereocenters. The minimum Gasteiger partial charge on any atom is -0.444 e. The highest BCUT2D eigenvalue weighted by Crippen LogP contribution is 2.21. The van der Waals surface area contributed by atoms with Gasteiger partial charge in [0.05, 0.1) is 22.6 Å². The van der Waals surface area contributed by atoms with E-state index in [2.05, 4.69) is 9.97 Å². The van der Waals surface area contributed by atoms with E-state index in [0.717, 1.165) is 0 Å². The number of H-pyrrole nitrogens is 1. The molecule has 1 heterocycles. The lowest BCUT2D eigenvalue weighted by atomic mass is 10.2. The molecule has 0 unspecified atom stereocenters. The largest absolute Gasteiger partial charge is 0.444 e. The van der Waals surface area contributed by atoms with Crippen molar-refractivity contribution in [2.24, 2.45) is 0 Å². The summed E-state index contributed by atoms with van der Waals surface area (Å²) < 4.78 is 18.6. The van der Waals surface area contributed by atoms with Gasteiger partial charge in [0.1, 0.15) is 17.2 Å². The highest BCUT2D eigenvalue weighted by molar-refractivity contribution is 6.31. The minimum absolute atomic E-state index is 0.0149. The van der Waals surface area contributed by atoms with Gasteiger partial charge in [-0.15, -0.1) is 0 Å².